The molecule has 3 atom stereocenters. The van der Waals surface area contributed by atoms with E-state index < -0.39 is 14.4 Å². The summed E-state index contributed by atoms with van der Waals surface area (Å²) in [5.74, 6) is -0.0384. The Morgan fingerprint density at radius 1 is 1.06 bits per heavy atom. The van der Waals surface area contributed by atoms with Crippen LogP contribution in [0.2, 0.25) is 5.04 Å². The monoisotopic (exact) mass is 448 g/mol. The molecule has 0 radical (unpaired) electrons. The number of fused-ring (bicyclic) bond motifs is 1. The molecule has 2 aromatic rings. The number of hydrogen-bond acceptors (Lipinski definition) is 3. The van der Waals surface area contributed by atoms with Crippen LogP contribution < -0.4 is 10.4 Å². The molecule has 0 spiro atoms. The van der Waals surface area contributed by atoms with Crippen molar-refractivity contribution in [1.29, 1.82) is 0 Å². The van der Waals surface area contributed by atoms with Gasteiger partial charge < -0.3 is 9.33 Å². The third-order valence-corrected chi connectivity index (χ3v) is 12.0. The van der Waals surface area contributed by atoms with Gasteiger partial charge in [-0.2, -0.15) is 0 Å². The van der Waals surface area contributed by atoms with Crippen LogP contribution in [0.25, 0.3) is 10.4 Å². The van der Waals surface area contributed by atoms with E-state index in [2.05, 4.69) is 79.3 Å². The summed E-state index contributed by atoms with van der Waals surface area (Å²) in [6.45, 7) is 7.29. The molecule has 4 rings (SSSR count). The highest BCUT2D eigenvalue weighted by Gasteiger charge is 2.51. The average molecular weight is 449 g/mol. The predicted molar refractivity (Wildman–Crippen MR) is 129 cm³/mol. The molecule has 7 heteroatoms. The molecule has 1 amide bonds. The van der Waals surface area contributed by atoms with E-state index in [1.165, 1.54) is 10.4 Å². The van der Waals surface area contributed by atoms with E-state index in [9.17, 15) is 4.79 Å². The minimum Gasteiger partial charge on any atom is -0.405 e. The fourth-order valence-corrected chi connectivity index (χ4v) is 10.2. The maximum atomic E-state index is 13.0. The second kappa shape index (κ2) is 9.10. The van der Waals surface area contributed by atoms with Gasteiger partial charge in [0, 0.05) is 11.0 Å². The quantitative estimate of drug-likeness (QED) is 0.284. The van der Waals surface area contributed by atoms with Crippen molar-refractivity contribution in [2.24, 2.45) is 5.11 Å². The summed E-state index contributed by atoms with van der Waals surface area (Å²) in [7, 11) is -2.65. The molecule has 2 saturated heterocycles. The van der Waals surface area contributed by atoms with E-state index >= 15 is 0 Å². The van der Waals surface area contributed by atoms with Crippen molar-refractivity contribution in [3.63, 3.8) is 0 Å². The first-order valence-electron chi connectivity index (χ1n) is 11.5. The van der Waals surface area contributed by atoms with Gasteiger partial charge in [0.25, 0.3) is 8.32 Å². The first kappa shape index (κ1) is 22.6. The summed E-state index contributed by atoms with van der Waals surface area (Å²) < 4.78 is 7.10. The Balaban J connectivity index is 1.70. The lowest BCUT2D eigenvalue weighted by Crippen LogP contribution is -2.67. The minimum atomic E-state index is -2.65. The van der Waals surface area contributed by atoms with E-state index in [-0.39, 0.29) is 23.0 Å². The number of rotatable bonds is 6. The Morgan fingerprint density at radius 2 is 1.66 bits per heavy atom. The van der Waals surface area contributed by atoms with Crippen LogP contribution >= 0.6 is 0 Å². The summed E-state index contributed by atoms with van der Waals surface area (Å²) in [5, 5.41) is 6.14. The lowest BCUT2D eigenvalue weighted by molar-refractivity contribution is -0.134. The number of piperidine rings is 1. The van der Waals surface area contributed by atoms with Crippen molar-refractivity contribution < 1.29 is 9.22 Å². The summed E-state index contributed by atoms with van der Waals surface area (Å²) in [4.78, 5) is 17.9. The molecule has 2 heterocycles. The molecule has 0 N–H and O–H groups in total. The number of azide groups is 1. The predicted octanol–water partition coefficient (Wildman–Crippen LogP) is 4.40. The number of nitrogens with zero attached hydrogens (tertiary/aromatic N) is 4. The largest absolute Gasteiger partial charge is 0.405 e. The highest BCUT2D eigenvalue weighted by atomic mass is 28.4. The zero-order valence-electron chi connectivity index (χ0n) is 19.1. The van der Waals surface area contributed by atoms with Gasteiger partial charge in [0.1, 0.15) is 6.04 Å². The smallest absolute Gasteiger partial charge is 0.261 e. The van der Waals surface area contributed by atoms with E-state index in [4.69, 9.17) is 9.96 Å². The Bertz CT molecular complexity index is 947. The maximum absolute atomic E-state index is 13.0. The van der Waals surface area contributed by atoms with Crippen molar-refractivity contribution in [3.8, 4) is 0 Å². The summed E-state index contributed by atoms with van der Waals surface area (Å²) in [6, 6.07) is 20.8. The lowest BCUT2D eigenvalue weighted by atomic mass is 9.97. The third kappa shape index (κ3) is 3.96. The third-order valence-electron chi connectivity index (χ3n) is 7.00. The van der Waals surface area contributed by atoms with Crippen LogP contribution in [0, 0.1) is 0 Å². The zero-order valence-corrected chi connectivity index (χ0v) is 20.1. The average Bonchev–Trinajstić information content (AvgIpc) is 3.11. The van der Waals surface area contributed by atoms with Gasteiger partial charge in [0.05, 0.1) is 12.6 Å². The van der Waals surface area contributed by atoms with Crippen LogP contribution in [-0.2, 0) is 9.22 Å². The van der Waals surface area contributed by atoms with Crippen molar-refractivity contribution in [3.05, 3.63) is 71.1 Å². The molecule has 168 valence electrons. The molecule has 0 aliphatic carbocycles. The maximum Gasteiger partial charge on any atom is 0.261 e. The lowest BCUT2D eigenvalue weighted by Gasteiger charge is -2.45. The molecule has 2 fully saturated rings. The summed E-state index contributed by atoms with van der Waals surface area (Å²) in [5.41, 5.74) is 8.86. The van der Waals surface area contributed by atoms with Crippen molar-refractivity contribution in [2.75, 3.05) is 6.61 Å². The molecular weight excluding hydrogens is 416 g/mol. The van der Waals surface area contributed by atoms with Gasteiger partial charge in [0.2, 0.25) is 5.91 Å². The molecule has 2 aliphatic rings. The Hall–Kier alpha value is -2.60. The highest BCUT2D eigenvalue weighted by Crippen LogP contribution is 2.39. The fraction of sp³-hybridized carbons (Fsp3) is 0.480. The van der Waals surface area contributed by atoms with Gasteiger partial charge in [0.15, 0.2) is 0 Å². The number of benzene rings is 2. The molecule has 32 heavy (non-hydrogen) atoms. The minimum absolute atomic E-state index is 0.0155. The van der Waals surface area contributed by atoms with Gasteiger partial charge in [-0.1, -0.05) is 86.5 Å². The molecule has 6 nitrogen and oxygen atoms in total. The van der Waals surface area contributed by atoms with Crippen molar-refractivity contribution >= 4 is 24.6 Å². The molecule has 0 bridgehead atoms. The molecular formula is C25H32N4O2Si. The highest BCUT2D eigenvalue weighted by molar-refractivity contribution is 6.99. The van der Waals surface area contributed by atoms with E-state index in [0.29, 0.717) is 13.0 Å². The van der Waals surface area contributed by atoms with Gasteiger partial charge in [-0.25, -0.2) is 0 Å². The first-order chi connectivity index (χ1) is 15.4. The van der Waals surface area contributed by atoms with Crippen LogP contribution in [0.15, 0.2) is 65.8 Å². The fourth-order valence-electron chi connectivity index (χ4n) is 5.59. The van der Waals surface area contributed by atoms with Gasteiger partial charge in [-0.15, -0.1) is 0 Å². The zero-order chi connectivity index (χ0) is 22.8. The second-order valence-electron chi connectivity index (χ2n) is 9.91. The standard InChI is InChI=1S/C25H32N4O2Si/c1-25(2,3)32(21-13-6-4-7-14-21,22-15-8-5-9-16-22)31-18-20-12-10-11-19-17-23(27-28-26)24(30)29(19)20/h4-9,13-16,19-20,23H,10-12,17-18H2,1-3H3/t19-,20-,23?/m0/s1. The number of carbonyl (C=O) groups excluding carboxylic acids is 1. The Kier molecular flexibility index (Phi) is 6.42. The summed E-state index contributed by atoms with van der Waals surface area (Å²) in [6.07, 6.45) is 3.58. The molecule has 0 aromatic heterocycles. The van der Waals surface area contributed by atoms with Gasteiger partial charge in [-0.3, -0.25) is 4.79 Å². The van der Waals surface area contributed by atoms with Gasteiger partial charge >= 0.3 is 0 Å². The first-order valence-corrected chi connectivity index (χ1v) is 13.4. The SMILES string of the molecule is CC(C)(C)[Si](OC[C@@H]1CCC[C@H]2CC(N=[N+]=[N-])C(=O)N12)(c1ccccc1)c1ccccc1. The second-order valence-corrected chi connectivity index (χ2v) is 14.2. The van der Waals surface area contributed by atoms with E-state index in [0.717, 1.165) is 19.3 Å². The van der Waals surface area contributed by atoms with Crippen LogP contribution in [0.5, 0.6) is 0 Å². The number of amides is 1. The molecule has 0 saturated carbocycles. The van der Waals surface area contributed by atoms with Crippen LogP contribution in [0.4, 0.5) is 0 Å². The number of hydrogen-bond donors (Lipinski definition) is 0. The molecule has 2 aliphatic heterocycles. The Morgan fingerprint density at radius 3 is 2.19 bits per heavy atom. The van der Waals surface area contributed by atoms with E-state index in [1.807, 2.05) is 17.0 Å². The van der Waals surface area contributed by atoms with Crippen molar-refractivity contribution in [2.45, 2.75) is 69.6 Å². The van der Waals surface area contributed by atoms with Crippen molar-refractivity contribution in [1.82, 2.24) is 4.90 Å². The Labute approximate surface area is 191 Å². The molecule has 2 aromatic carbocycles. The van der Waals surface area contributed by atoms with Crippen LogP contribution in [0.1, 0.15) is 46.5 Å². The number of carbonyl (C=O) groups is 1. The summed E-state index contributed by atoms with van der Waals surface area (Å²) >= 11 is 0. The normalized spacial score (nSPS) is 23.5. The van der Waals surface area contributed by atoms with Gasteiger partial charge in [-0.05, 0) is 46.6 Å². The van der Waals surface area contributed by atoms with Crippen LogP contribution in [0.3, 0.4) is 0 Å². The molecule has 1 unspecified atom stereocenters. The van der Waals surface area contributed by atoms with Crippen LogP contribution in [-0.4, -0.2) is 43.9 Å². The topological polar surface area (TPSA) is 78.3 Å². The van der Waals surface area contributed by atoms with E-state index in [1.54, 1.807) is 0 Å².